The van der Waals surface area contributed by atoms with Crippen molar-refractivity contribution in [1.82, 2.24) is 0 Å². The van der Waals surface area contributed by atoms with Crippen LogP contribution in [0.4, 0.5) is 0 Å². The number of benzene rings is 4. The molecule has 42 heavy (non-hydrogen) atoms. The quantitative estimate of drug-likeness (QED) is 0.155. The van der Waals surface area contributed by atoms with Crippen molar-refractivity contribution in [2.75, 3.05) is 0 Å². The first-order valence-electron chi connectivity index (χ1n) is 13.3. The number of hydrogen-bond acceptors (Lipinski definition) is 6. The molecular formula is C34H30BClO4S2. The number of thiophene rings is 2. The highest BCUT2D eigenvalue weighted by Gasteiger charge is 2.13. The molecule has 0 amide bonds. The largest absolute Gasteiger partial charge is 0.488 e. The Morgan fingerprint density at radius 3 is 1.60 bits per heavy atom. The average Bonchev–Trinajstić information content (AvgIpc) is 3.50. The van der Waals surface area contributed by atoms with Gasteiger partial charge in [-0.2, -0.15) is 0 Å². The molecule has 6 aromatic rings. The number of ketones is 2. The highest BCUT2D eigenvalue weighted by Crippen LogP contribution is 2.34. The zero-order valence-corrected chi connectivity index (χ0v) is 26.1. The summed E-state index contributed by atoms with van der Waals surface area (Å²) >= 11 is 8.99. The van der Waals surface area contributed by atoms with E-state index in [1.165, 1.54) is 32.5 Å². The van der Waals surface area contributed by atoms with E-state index in [9.17, 15) is 9.59 Å². The Bertz CT molecular complexity index is 1840. The van der Waals surface area contributed by atoms with E-state index in [-0.39, 0.29) is 11.6 Å². The summed E-state index contributed by atoms with van der Waals surface area (Å²) < 4.78 is 2.27. The van der Waals surface area contributed by atoms with Gasteiger partial charge in [-0.25, -0.2) is 0 Å². The lowest BCUT2D eigenvalue weighted by Crippen LogP contribution is -2.29. The summed E-state index contributed by atoms with van der Waals surface area (Å²) in [5, 5.41) is 20.2. The maximum atomic E-state index is 11.6. The third-order valence-corrected chi connectivity index (χ3v) is 9.63. The third kappa shape index (κ3) is 7.43. The SMILES string of the molecule is CC(=O)c1sc2cc(-c3ccccc3)ccc2c1C.CC(=O)c1sc2cc(Cl)ccc2c1C.OB(O)c1ccccc1. The number of aryl methyl sites for hydroxylation is 2. The van der Waals surface area contributed by atoms with Crippen molar-refractivity contribution in [2.45, 2.75) is 27.7 Å². The van der Waals surface area contributed by atoms with Gasteiger partial charge in [-0.1, -0.05) is 90.5 Å². The highest BCUT2D eigenvalue weighted by atomic mass is 35.5. The third-order valence-electron chi connectivity index (χ3n) is 6.68. The molecule has 2 heterocycles. The summed E-state index contributed by atoms with van der Waals surface area (Å²) in [5.74, 6) is 0.278. The topological polar surface area (TPSA) is 74.6 Å². The van der Waals surface area contributed by atoms with Crippen LogP contribution in [0.2, 0.25) is 5.02 Å². The lowest BCUT2D eigenvalue weighted by molar-refractivity contribution is 0.101. The number of halogens is 1. The molecule has 0 atom stereocenters. The van der Waals surface area contributed by atoms with E-state index in [2.05, 4.69) is 30.3 Å². The van der Waals surface area contributed by atoms with Crippen molar-refractivity contribution in [3.63, 3.8) is 0 Å². The first-order valence-corrected chi connectivity index (χ1v) is 15.3. The lowest BCUT2D eigenvalue weighted by Gasteiger charge is -2.01. The fourth-order valence-electron chi connectivity index (χ4n) is 4.53. The Kier molecular flexibility index (Phi) is 10.5. The molecule has 2 N–H and O–H groups in total. The van der Waals surface area contributed by atoms with E-state index in [1.54, 1.807) is 49.4 Å². The summed E-state index contributed by atoms with van der Waals surface area (Å²) in [7, 11) is -1.34. The van der Waals surface area contributed by atoms with Crippen molar-refractivity contribution < 1.29 is 19.6 Å². The van der Waals surface area contributed by atoms with Crippen molar-refractivity contribution >= 4 is 78.6 Å². The fourth-order valence-corrected chi connectivity index (χ4v) is 7.06. The van der Waals surface area contributed by atoms with E-state index >= 15 is 0 Å². The molecule has 0 aliphatic heterocycles. The minimum absolute atomic E-state index is 0.125. The maximum absolute atomic E-state index is 11.6. The fraction of sp³-hybridized carbons (Fsp3) is 0.118. The van der Waals surface area contributed by atoms with Gasteiger partial charge in [0.1, 0.15) is 0 Å². The van der Waals surface area contributed by atoms with Crippen LogP contribution in [0.5, 0.6) is 0 Å². The molecule has 0 saturated heterocycles. The molecule has 8 heteroatoms. The number of carbonyl (C=O) groups excluding carboxylic acids is 2. The number of carbonyl (C=O) groups is 2. The summed E-state index contributed by atoms with van der Waals surface area (Å²) in [5.41, 5.74) is 5.10. The van der Waals surface area contributed by atoms with Crippen LogP contribution in [0.3, 0.4) is 0 Å². The van der Waals surface area contributed by atoms with Gasteiger partial charge in [0.25, 0.3) is 0 Å². The molecule has 6 rings (SSSR count). The lowest BCUT2D eigenvalue weighted by atomic mass is 9.81. The molecule has 2 aromatic heterocycles. The molecule has 0 unspecified atom stereocenters. The molecule has 0 bridgehead atoms. The maximum Gasteiger partial charge on any atom is 0.488 e. The van der Waals surface area contributed by atoms with Crippen molar-refractivity contribution in [1.29, 1.82) is 0 Å². The van der Waals surface area contributed by atoms with E-state index in [1.807, 2.05) is 56.3 Å². The van der Waals surface area contributed by atoms with Gasteiger partial charge in [0, 0.05) is 14.4 Å². The molecule has 0 radical (unpaired) electrons. The number of fused-ring (bicyclic) bond motifs is 2. The molecule has 0 fully saturated rings. The van der Waals surface area contributed by atoms with Gasteiger partial charge >= 0.3 is 7.12 Å². The van der Waals surface area contributed by atoms with Crippen LogP contribution in [-0.4, -0.2) is 28.7 Å². The van der Waals surface area contributed by atoms with Crippen LogP contribution in [0.1, 0.15) is 44.3 Å². The zero-order chi connectivity index (χ0) is 30.4. The van der Waals surface area contributed by atoms with Crippen LogP contribution in [0, 0.1) is 13.8 Å². The van der Waals surface area contributed by atoms with Crippen LogP contribution < -0.4 is 5.46 Å². The Balaban J connectivity index is 0.000000155. The first kappa shape index (κ1) is 31.4. The molecule has 0 aliphatic rings. The number of rotatable bonds is 4. The minimum Gasteiger partial charge on any atom is -0.423 e. The van der Waals surface area contributed by atoms with Crippen molar-refractivity contribution in [2.24, 2.45) is 0 Å². The molecule has 4 nitrogen and oxygen atoms in total. The predicted octanol–water partition coefficient (Wildman–Crippen LogP) is 8.51. The number of Topliss-reactive ketones (excluding diaryl/α,β-unsaturated/α-hetero) is 2. The van der Waals surface area contributed by atoms with Gasteiger partial charge in [0.05, 0.1) is 9.75 Å². The van der Waals surface area contributed by atoms with Crippen LogP contribution in [-0.2, 0) is 0 Å². The van der Waals surface area contributed by atoms with Crippen LogP contribution in [0.25, 0.3) is 31.3 Å². The standard InChI is InChI=1S/C17H14OS.C11H9ClOS.C6H7BO2/c1-11-15-9-8-14(13-6-4-3-5-7-13)10-16(15)19-17(11)12(2)18;1-6-9-4-3-8(12)5-10(9)14-11(6)7(2)13;8-7(9)6-4-2-1-3-5-6/h3-10H,1-2H3;3-5H,1-2H3;1-5,8-9H. The van der Waals surface area contributed by atoms with E-state index in [4.69, 9.17) is 21.6 Å². The average molecular weight is 613 g/mol. The van der Waals surface area contributed by atoms with Gasteiger partial charge in [0.15, 0.2) is 11.6 Å². The van der Waals surface area contributed by atoms with Crippen molar-refractivity contribution in [3.8, 4) is 11.1 Å². The second-order valence-corrected chi connectivity index (χ2v) is 12.3. The molecule has 0 saturated carbocycles. The minimum atomic E-state index is -1.34. The van der Waals surface area contributed by atoms with Gasteiger partial charge in [-0.15, -0.1) is 22.7 Å². The van der Waals surface area contributed by atoms with Gasteiger partial charge in [0.2, 0.25) is 0 Å². The molecule has 0 aliphatic carbocycles. The van der Waals surface area contributed by atoms with E-state index in [0.29, 0.717) is 10.5 Å². The second kappa shape index (κ2) is 14.1. The summed E-state index contributed by atoms with van der Waals surface area (Å²) in [6.07, 6.45) is 0. The normalized spacial score (nSPS) is 10.5. The predicted molar refractivity (Wildman–Crippen MR) is 180 cm³/mol. The smallest absolute Gasteiger partial charge is 0.423 e. The van der Waals surface area contributed by atoms with E-state index in [0.717, 1.165) is 31.0 Å². The van der Waals surface area contributed by atoms with Crippen molar-refractivity contribution in [3.05, 3.63) is 123 Å². The monoisotopic (exact) mass is 612 g/mol. The summed E-state index contributed by atoms with van der Waals surface area (Å²) in [4.78, 5) is 24.6. The second-order valence-electron chi connectivity index (χ2n) is 9.73. The summed E-state index contributed by atoms with van der Waals surface area (Å²) in [6, 6.07) is 31.1. The highest BCUT2D eigenvalue weighted by molar-refractivity contribution is 7.21. The number of hydrogen-bond donors (Lipinski definition) is 2. The Hall–Kier alpha value is -3.59. The van der Waals surface area contributed by atoms with Crippen LogP contribution >= 0.6 is 34.3 Å². The first-order chi connectivity index (χ1) is 20.1. The van der Waals surface area contributed by atoms with Gasteiger partial charge in [-0.3, -0.25) is 9.59 Å². The zero-order valence-electron chi connectivity index (χ0n) is 23.7. The molecular weight excluding hydrogens is 583 g/mol. The van der Waals surface area contributed by atoms with Gasteiger partial charge in [-0.05, 0) is 84.4 Å². The molecule has 212 valence electrons. The van der Waals surface area contributed by atoms with E-state index < -0.39 is 7.12 Å². The Morgan fingerprint density at radius 2 is 1.12 bits per heavy atom. The molecule has 0 spiro atoms. The Labute approximate surface area is 259 Å². The molecule has 4 aromatic carbocycles. The Morgan fingerprint density at radius 1 is 0.643 bits per heavy atom. The summed E-state index contributed by atoms with van der Waals surface area (Å²) in [6.45, 7) is 7.23. The van der Waals surface area contributed by atoms with Crippen LogP contribution in [0.15, 0.2) is 97.1 Å². The van der Waals surface area contributed by atoms with Gasteiger partial charge < -0.3 is 10.0 Å².